The minimum atomic E-state index is -0.0830. The fourth-order valence-electron chi connectivity index (χ4n) is 3.54. The van der Waals surface area contributed by atoms with Crippen LogP contribution < -0.4 is 10.6 Å². The number of guanidine groups is 1. The van der Waals surface area contributed by atoms with Crippen molar-refractivity contribution in [3.63, 3.8) is 0 Å². The van der Waals surface area contributed by atoms with E-state index in [4.69, 9.17) is 14.5 Å². The maximum Gasteiger partial charge on any atom is 0.251 e. The number of rotatable bonds is 5. The van der Waals surface area contributed by atoms with Gasteiger partial charge in [0.15, 0.2) is 5.96 Å². The van der Waals surface area contributed by atoms with Gasteiger partial charge in [0.1, 0.15) is 6.10 Å². The van der Waals surface area contributed by atoms with Gasteiger partial charge in [-0.3, -0.25) is 4.79 Å². The number of morpholine rings is 1. The second-order valence-electron chi connectivity index (χ2n) is 6.86. The molecule has 0 spiro atoms. The summed E-state index contributed by atoms with van der Waals surface area (Å²) in [5.41, 5.74) is 1.66. The number of amides is 1. The van der Waals surface area contributed by atoms with Gasteiger partial charge in [-0.2, -0.15) is 0 Å². The topological polar surface area (TPSA) is 75.2 Å². The fraction of sp³-hybridized carbons (Fsp3) is 0.600. The zero-order valence-electron chi connectivity index (χ0n) is 16.6. The maximum atomic E-state index is 11.8. The van der Waals surface area contributed by atoms with Crippen molar-refractivity contribution in [2.45, 2.75) is 38.5 Å². The molecule has 2 aliphatic heterocycles. The number of aliphatic imine (C=N–C) groups is 1. The van der Waals surface area contributed by atoms with Crippen LogP contribution >= 0.6 is 24.0 Å². The summed E-state index contributed by atoms with van der Waals surface area (Å²) in [5, 5.41) is 6.04. The molecule has 2 fully saturated rings. The second kappa shape index (κ2) is 11.6. The molecule has 156 valence electrons. The molecule has 2 N–H and O–H groups in total. The molecule has 1 aromatic rings. The summed E-state index contributed by atoms with van der Waals surface area (Å²) in [6, 6.07) is 7.59. The lowest BCUT2D eigenvalue weighted by Gasteiger charge is -2.37. The van der Waals surface area contributed by atoms with E-state index in [0.29, 0.717) is 18.7 Å². The molecular weight excluding hydrogens is 471 g/mol. The van der Waals surface area contributed by atoms with Crippen molar-refractivity contribution in [2.75, 3.05) is 39.9 Å². The van der Waals surface area contributed by atoms with Gasteiger partial charge in [0.25, 0.3) is 5.91 Å². The molecule has 2 aliphatic rings. The van der Waals surface area contributed by atoms with Crippen molar-refractivity contribution >= 4 is 35.8 Å². The molecule has 0 bridgehead atoms. The quantitative estimate of drug-likeness (QED) is 0.366. The van der Waals surface area contributed by atoms with Crippen molar-refractivity contribution in [2.24, 2.45) is 4.99 Å². The van der Waals surface area contributed by atoms with Crippen LogP contribution in [-0.4, -0.2) is 68.9 Å². The third-order valence-corrected chi connectivity index (χ3v) is 4.94. The Morgan fingerprint density at radius 3 is 2.82 bits per heavy atom. The highest BCUT2D eigenvalue weighted by Gasteiger charge is 2.32. The normalized spacial score (nSPS) is 22.5. The first-order valence-electron chi connectivity index (χ1n) is 9.78. The van der Waals surface area contributed by atoms with E-state index in [1.807, 2.05) is 24.3 Å². The van der Waals surface area contributed by atoms with Crippen LogP contribution in [0.3, 0.4) is 0 Å². The lowest BCUT2D eigenvalue weighted by molar-refractivity contribution is -0.0817. The Morgan fingerprint density at radius 2 is 2.11 bits per heavy atom. The summed E-state index contributed by atoms with van der Waals surface area (Å²) in [7, 11) is 1.64. The van der Waals surface area contributed by atoms with Crippen LogP contribution in [0.15, 0.2) is 29.3 Å². The van der Waals surface area contributed by atoms with Gasteiger partial charge in [0.2, 0.25) is 0 Å². The molecule has 3 rings (SSSR count). The SMILES string of the molecule is CCNC(=NCc1cccc(C(=O)NC)c1)N1CCOC(C2CCCO2)C1.I. The van der Waals surface area contributed by atoms with Crippen LogP contribution in [0, 0.1) is 0 Å². The Labute approximate surface area is 184 Å². The van der Waals surface area contributed by atoms with Crippen LogP contribution in [0.25, 0.3) is 0 Å². The minimum absolute atomic E-state index is 0. The molecule has 28 heavy (non-hydrogen) atoms. The first-order chi connectivity index (χ1) is 13.2. The number of nitrogens with zero attached hydrogens (tertiary/aromatic N) is 2. The number of hydrogen-bond donors (Lipinski definition) is 2. The van der Waals surface area contributed by atoms with Crippen LogP contribution in [0.1, 0.15) is 35.7 Å². The van der Waals surface area contributed by atoms with Crippen molar-refractivity contribution < 1.29 is 14.3 Å². The second-order valence-corrected chi connectivity index (χ2v) is 6.86. The van der Waals surface area contributed by atoms with E-state index in [9.17, 15) is 4.79 Å². The number of carbonyl (C=O) groups is 1. The largest absolute Gasteiger partial charge is 0.375 e. The molecule has 2 unspecified atom stereocenters. The first kappa shape index (κ1) is 22.9. The molecule has 2 saturated heterocycles. The smallest absolute Gasteiger partial charge is 0.251 e. The summed E-state index contributed by atoms with van der Waals surface area (Å²) in [4.78, 5) is 18.9. The van der Waals surface area contributed by atoms with Gasteiger partial charge in [-0.15, -0.1) is 24.0 Å². The minimum Gasteiger partial charge on any atom is -0.375 e. The molecule has 7 nitrogen and oxygen atoms in total. The van der Waals surface area contributed by atoms with Gasteiger partial charge >= 0.3 is 0 Å². The van der Waals surface area contributed by atoms with E-state index in [1.165, 1.54) is 0 Å². The Hall–Kier alpha value is -1.39. The zero-order valence-corrected chi connectivity index (χ0v) is 19.0. The van der Waals surface area contributed by atoms with Gasteiger partial charge < -0.3 is 25.0 Å². The van der Waals surface area contributed by atoms with Gasteiger partial charge in [-0.1, -0.05) is 12.1 Å². The predicted octanol–water partition coefficient (Wildman–Crippen LogP) is 2.01. The maximum absolute atomic E-state index is 11.8. The first-order valence-corrected chi connectivity index (χ1v) is 9.78. The fourth-order valence-corrected chi connectivity index (χ4v) is 3.54. The molecule has 0 aliphatic carbocycles. The highest BCUT2D eigenvalue weighted by Crippen LogP contribution is 2.21. The molecule has 1 amide bonds. The monoisotopic (exact) mass is 502 g/mol. The number of benzene rings is 1. The summed E-state index contributed by atoms with van der Waals surface area (Å²) in [5.74, 6) is 0.800. The lowest BCUT2D eigenvalue weighted by Crippen LogP contribution is -2.53. The van der Waals surface area contributed by atoms with Crippen LogP contribution in [-0.2, 0) is 16.0 Å². The highest BCUT2D eigenvalue weighted by molar-refractivity contribution is 14.0. The summed E-state index contributed by atoms with van der Waals surface area (Å²) in [6.45, 7) is 6.51. The van der Waals surface area contributed by atoms with Crippen molar-refractivity contribution in [3.8, 4) is 0 Å². The Kier molecular flexibility index (Phi) is 9.46. The number of halogens is 1. The third-order valence-electron chi connectivity index (χ3n) is 4.94. The highest BCUT2D eigenvalue weighted by atomic mass is 127. The molecule has 0 radical (unpaired) electrons. The Morgan fingerprint density at radius 1 is 1.29 bits per heavy atom. The Balaban J connectivity index is 0.00000280. The average Bonchev–Trinajstić information content (AvgIpc) is 3.26. The van der Waals surface area contributed by atoms with E-state index in [-0.39, 0.29) is 42.1 Å². The van der Waals surface area contributed by atoms with Gasteiger partial charge in [0.05, 0.1) is 19.3 Å². The van der Waals surface area contributed by atoms with Crippen LogP contribution in [0.2, 0.25) is 0 Å². The van der Waals surface area contributed by atoms with E-state index in [1.54, 1.807) is 7.05 Å². The van der Waals surface area contributed by atoms with E-state index < -0.39 is 0 Å². The van der Waals surface area contributed by atoms with Crippen molar-refractivity contribution in [1.82, 2.24) is 15.5 Å². The molecule has 0 saturated carbocycles. The standard InChI is InChI=1S/C20H30N4O3.HI/c1-3-22-20(23-13-15-6-4-7-16(12-15)19(25)21-2)24-9-11-27-18(14-24)17-8-5-10-26-17;/h4,6-7,12,17-18H,3,5,8-11,13-14H2,1-2H3,(H,21,25)(H,22,23);1H. The predicted molar refractivity (Wildman–Crippen MR) is 120 cm³/mol. The number of nitrogens with one attached hydrogen (secondary N) is 2. The lowest BCUT2D eigenvalue weighted by atomic mass is 10.1. The van der Waals surface area contributed by atoms with E-state index in [0.717, 1.165) is 50.6 Å². The summed E-state index contributed by atoms with van der Waals surface area (Å²) in [6.07, 6.45) is 2.47. The Bertz CT molecular complexity index is 665. The molecule has 2 heterocycles. The summed E-state index contributed by atoms with van der Waals surface area (Å²) < 4.78 is 11.7. The number of ether oxygens (including phenoxy) is 2. The summed E-state index contributed by atoms with van der Waals surface area (Å²) >= 11 is 0. The van der Waals surface area contributed by atoms with E-state index >= 15 is 0 Å². The van der Waals surface area contributed by atoms with Gasteiger partial charge in [0, 0.05) is 38.9 Å². The van der Waals surface area contributed by atoms with Crippen molar-refractivity contribution in [1.29, 1.82) is 0 Å². The van der Waals surface area contributed by atoms with Crippen LogP contribution in [0.5, 0.6) is 0 Å². The number of hydrogen-bond acceptors (Lipinski definition) is 4. The van der Waals surface area contributed by atoms with Crippen LogP contribution in [0.4, 0.5) is 0 Å². The van der Waals surface area contributed by atoms with E-state index in [2.05, 4.69) is 22.5 Å². The average molecular weight is 502 g/mol. The van der Waals surface area contributed by atoms with Gasteiger partial charge in [-0.25, -0.2) is 4.99 Å². The van der Waals surface area contributed by atoms with Gasteiger partial charge in [-0.05, 0) is 37.5 Å². The molecule has 1 aromatic carbocycles. The van der Waals surface area contributed by atoms with Crippen molar-refractivity contribution in [3.05, 3.63) is 35.4 Å². The molecule has 0 aromatic heterocycles. The number of carbonyl (C=O) groups excluding carboxylic acids is 1. The molecule has 2 atom stereocenters. The zero-order chi connectivity index (χ0) is 19.1. The third kappa shape index (κ3) is 6.05. The molecular formula is C20H31IN4O3. The molecule has 8 heteroatoms.